The van der Waals surface area contributed by atoms with Crippen molar-refractivity contribution in [3.63, 3.8) is 0 Å². The van der Waals surface area contributed by atoms with Crippen molar-refractivity contribution >= 4 is 17.7 Å². The van der Waals surface area contributed by atoms with E-state index >= 15 is 0 Å². The molecular formula is C22H24N2O4. The molecule has 6 heteroatoms. The van der Waals surface area contributed by atoms with Gasteiger partial charge < -0.3 is 10.1 Å². The molecule has 3 amide bonds. The van der Waals surface area contributed by atoms with Crippen LogP contribution in [0.2, 0.25) is 0 Å². The highest BCUT2D eigenvalue weighted by atomic mass is 16.5. The number of rotatable bonds is 7. The summed E-state index contributed by atoms with van der Waals surface area (Å²) in [4.78, 5) is 38.8. The second-order valence-electron chi connectivity index (χ2n) is 7.14. The summed E-state index contributed by atoms with van der Waals surface area (Å²) in [6, 6.07) is 16.8. The topological polar surface area (TPSA) is 75.7 Å². The molecule has 6 nitrogen and oxygen atoms in total. The van der Waals surface area contributed by atoms with Crippen molar-refractivity contribution in [3.8, 4) is 0 Å². The minimum atomic E-state index is -0.927. The number of imide groups is 1. The van der Waals surface area contributed by atoms with Crippen LogP contribution in [0, 0.1) is 0 Å². The molecule has 28 heavy (non-hydrogen) atoms. The van der Waals surface area contributed by atoms with E-state index in [4.69, 9.17) is 4.74 Å². The first-order chi connectivity index (χ1) is 13.5. The zero-order valence-electron chi connectivity index (χ0n) is 16.1. The van der Waals surface area contributed by atoms with Gasteiger partial charge in [-0.05, 0) is 23.6 Å². The lowest BCUT2D eigenvalue weighted by Gasteiger charge is -2.22. The number of methoxy groups -OCH3 is 1. The predicted octanol–water partition coefficient (Wildman–Crippen LogP) is 2.17. The van der Waals surface area contributed by atoms with Crippen molar-refractivity contribution in [3.05, 3.63) is 71.3 Å². The molecule has 0 spiro atoms. The third-order valence-corrected chi connectivity index (χ3v) is 5.13. The highest BCUT2D eigenvalue weighted by Crippen LogP contribution is 2.35. The maximum absolute atomic E-state index is 12.9. The molecule has 1 atom stereocenters. The van der Waals surface area contributed by atoms with E-state index in [0.717, 1.165) is 21.6 Å². The van der Waals surface area contributed by atoms with Crippen LogP contribution in [0.4, 0.5) is 0 Å². The molecule has 0 unspecified atom stereocenters. The highest BCUT2D eigenvalue weighted by Gasteiger charge is 2.49. The molecule has 1 N–H and O–H groups in total. The van der Waals surface area contributed by atoms with Gasteiger partial charge in [-0.3, -0.25) is 19.3 Å². The first-order valence-corrected chi connectivity index (χ1v) is 9.18. The molecule has 1 fully saturated rings. The van der Waals surface area contributed by atoms with Crippen LogP contribution < -0.4 is 5.32 Å². The number of hydrogen-bond acceptors (Lipinski definition) is 4. The molecule has 2 aromatic rings. The van der Waals surface area contributed by atoms with Crippen molar-refractivity contribution in [2.45, 2.75) is 31.9 Å². The standard InChI is InChI=1S/C22H24N2O4/c1-22(18-10-4-3-5-11-18)12-20(26)24(21(22)27)14-19(25)23-13-16-8-6-7-9-17(16)15-28-2/h3-11H,12-15H2,1-2H3,(H,23,25)/t22-/m1/s1. The van der Waals surface area contributed by atoms with E-state index < -0.39 is 5.41 Å². The number of carbonyl (C=O) groups excluding carboxylic acids is 3. The number of hydrogen-bond donors (Lipinski definition) is 1. The van der Waals surface area contributed by atoms with Gasteiger partial charge in [0.15, 0.2) is 0 Å². The molecule has 1 saturated heterocycles. The van der Waals surface area contributed by atoms with Gasteiger partial charge in [0.1, 0.15) is 6.54 Å². The molecule has 1 aliphatic heterocycles. The van der Waals surface area contributed by atoms with Crippen LogP contribution in [0.5, 0.6) is 0 Å². The minimum Gasteiger partial charge on any atom is -0.380 e. The van der Waals surface area contributed by atoms with Gasteiger partial charge in [0.05, 0.1) is 12.0 Å². The number of nitrogens with one attached hydrogen (secondary N) is 1. The normalized spacial score (nSPS) is 19.1. The molecule has 0 aromatic heterocycles. The Morgan fingerprint density at radius 2 is 1.71 bits per heavy atom. The quantitative estimate of drug-likeness (QED) is 0.747. The summed E-state index contributed by atoms with van der Waals surface area (Å²) in [5.41, 5.74) is 1.77. The van der Waals surface area contributed by atoms with E-state index in [1.54, 1.807) is 14.0 Å². The number of nitrogens with zero attached hydrogens (tertiary/aromatic N) is 1. The zero-order chi connectivity index (χ0) is 20.1. The fraction of sp³-hybridized carbons (Fsp3) is 0.318. The van der Waals surface area contributed by atoms with E-state index in [9.17, 15) is 14.4 Å². The largest absolute Gasteiger partial charge is 0.380 e. The summed E-state index contributed by atoms with van der Waals surface area (Å²) in [6.07, 6.45) is 0.0692. The van der Waals surface area contributed by atoms with Gasteiger partial charge in [0.25, 0.3) is 0 Å². The predicted molar refractivity (Wildman–Crippen MR) is 104 cm³/mol. The maximum Gasteiger partial charge on any atom is 0.240 e. The van der Waals surface area contributed by atoms with Crippen molar-refractivity contribution in [1.29, 1.82) is 0 Å². The third-order valence-electron chi connectivity index (χ3n) is 5.13. The minimum absolute atomic E-state index is 0.0692. The van der Waals surface area contributed by atoms with Crippen molar-refractivity contribution in [1.82, 2.24) is 10.2 Å². The Balaban J connectivity index is 1.65. The number of carbonyl (C=O) groups is 3. The Labute approximate surface area is 164 Å². The molecule has 2 aromatic carbocycles. The SMILES string of the molecule is COCc1ccccc1CNC(=O)CN1C(=O)C[C@](C)(c2ccccc2)C1=O. The van der Waals surface area contributed by atoms with Gasteiger partial charge >= 0.3 is 0 Å². The van der Waals surface area contributed by atoms with Gasteiger partial charge in [0, 0.05) is 20.1 Å². The number of amides is 3. The Hall–Kier alpha value is -2.99. The van der Waals surface area contributed by atoms with E-state index in [0.29, 0.717) is 13.2 Å². The summed E-state index contributed by atoms with van der Waals surface area (Å²) in [5.74, 6) is -1.03. The molecule has 0 radical (unpaired) electrons. The number of ether oxygens (including phenoxy) is 1. The molecule has 3 rings (SSSR count). The first kappa shape index (κ1) is 19.8. The third kappa shape index (κ3) is 3.97. The molecule has 0 aliphatic carbocycles. The van der Waals surface area contributed by atoms with E-state index in [-0.39, 0.29) is 30.7 Å². The molecule has 1 aliphatic rings. The summed E-state index contributed by atoms with van der Waals surface area (Å²) < 4.78 is 5.17. The first-order valence-electron chi connectivity index (χ1n) is 9.18. The Morgan fingerprint density at radius 1 is 1.07 bits per heavy atom. The Bertz CT molecular complexity index is 881. The monoisotopic (exact) mass is 380 g/mol. The highest BCUT2D eigenvalue weighted by molar-refractivity contribution is 6.10. The molecule has 146 valence electrons. The van der Waals surface area contributed by atoms with Gasteiger partial charge in [-0.15, -0.1) is 0 Å². The maximum atomic E-state index is 12.9. The Morgan fingerprint density at radius 3 is 2.39 bits per heavy atom. The van der Waals surface area contributed by atoms with Crippen molar-refractivity contribution in [2.75, 3.05) is 13.7 Å². The molecular weight excluding hydrogens is 356 g/mol. The summed E-state index contributed by atoms with van der Waals surface area (Å²) in [5, 5.41) is 2.79. The van der Waals surface area contributed by atoms with Gasteiger partial charge in [-0.2, -0.15) is 0 Å². The van der Waals surface area contributed by atoms with E-state index in [2.05, 4.69) is 5.32 Å². The fourth-order valence-electron chi connectivity index (χ4n) is 3.50. The van der Waals surface area contributed by atoms with Gasteiger partial charge in [0.2, 0.25) is 17.7 Å². The lowest BCUT2D eigenvalue weighted by molar-refractivity contribution is -0.143. The molecule has 1 heterocycles. The van der Waals surface area contributed by atoms with Crippen LogP contribution in [0.3, 0.4) is 0 Å². The zero-order valence-corrected chi connectivity index (χ0v) is 16.1. The Kier molecular flexibility index (Phi) is 5.90. The van der Waals surface area contributed by atoms with Crippen LogP contribution in [0.15, 0.2) is 54.6 Å². The van der Waals surface area contributed by atoms with Crippen LogP contribution in [-0.4, -0.2) is 36.3 Å². The molecule has 0 saturated carbocycles. The van der Waals surface area contributed by atoms with Crippen LogP contribution in [0.1, 0.15) is 30.0 Å². The smallest absolute Gasteiger partial charge is 0.240 e. The fourth-order valence-corrected chi connectivity index (χ4v) is 3.50. The summed E-state index contributed by atoms with van der Waals surface area (Å²) >= 11 is 0. The summed E-state index contributed by atoms with van der Waals surface area (Å²) in [7, 11) is 1.61. The lowest BCUT2D eigenvalue weighted by Crippen LogP contribution is -2.42. The second kappa shape index (κ2) is 8.35. The van der Waals surface area contributed by atoms with Crippen molar-refractivity contribution < 1.29 is 19.1 Å². The number of likely N-dealkylation sites (tertiary alicyclic amines) is 1. The molecule has 0 bridgehead atoms. The second-order valence-corrected chi connectivity index (χ2v) is 7.14. The van der Waals surface area contributed by atoms with E-state index in [1.807, 2.05) is 54.6 Å². The van der Waals surface area contributed by atoms with Crippen LogP contribution in [-0.2, 0) is 37.7 Å². The van der Waals surface area contributed by atoms with Gasteiger partial charge in [-0.25, -0.2) is 0 Å². The average molecular weight is 380 g/mol. The average Bonchev–Trinajstić information content (AvgIpc) is 2.92. The lowest BCUT2D eigenvalue weighted by atomic mass is 9.81. The van der Waals surface area contributed by atoms with Gasteiger partial charge in [-0.1, -0.05) is 54.6 Å². The van der Waals surface area contributed by atoms with Crippen LogP contribution in [0.25, 0.3) is 0 Å². The van der Waals surface area contributed by atoms with Crippen LogP contribution >= 0.6 is 0 Å². The number of benzene rings is 2. The van der Waals surface area contributed by atoms with Crippen molar-refractivity contribution in [2.24, 2.45) is 0 Å². The van der Waals surface area contributed by atoms with E-state index in [1.165, 1.54) is 0 Å². The summed E-state index contributed by atoms with van der Waals surface area (Å²) in [6.45, 7) is 2.24.